The van der Waals surface area contributed by atoms with E-state index < -0.39 is 6.10 Å². The van der Waals surface area contributed by atoms with Gasteiger partial charge in [-0.05, 0) is 31.0 Å². The van der Waals surface area contributed by atoms with Crippen LogP contribution in [0.15, 0.2) is 18.2 Å². The third-order valence-corrected chi connectivity index (χ3v) is 3.96. The van der Waals surface area contributed by atoms with Crippen LogP contribution in [0.1, 0.15) is 28.6 Å². The zero-order valence-corrected chi connectivity index (χ0v) is 12.9. The third kappa shape index (κ3) is 2.81. The molecule has 1 aromatic heterocycles. The van der Waals surface area contributed by atoms with Crippen molar-refractivity contribution in [3.05, 3.63) is 45.7 Å². The van der Waals surface area contributed by atoms with Gasteiger partial charge in [-0.25, -0.2) is 0 Å². The lowest BCUT2D eigenvalue weighted by Crippen LogP contribution is -2.07. The molecule has 4 nitrogen and oxygen atoms in total. The maximum atomic E-state index is 10.4. The van der Waals surface area contributed by atoms with Crippen molar-refractivity contribution in [2.24, 2.45) is 7.05 Å². The van der Waals surface area contributed by atoms with Gasteiger partial charge in [-0.1, -0.05) is 23.7 Å². The molecular weight excluding hydrogens is 276 g/mol. The molecular formula is C15H19ClN2O2. The van der Waals surface area contributed by atoms with E-state index in [-0.39, 0.29) is 0 Å². The molecule has 2 aromatic rings. The largest absolute Gasteiger partial charge is 0.496 e. The highest BCUT2D eigenvalue weighted by atomic mass is 35.5. The van der Waals surface area contributed by atoms with Crippen molar-refractivity contribution in [2.45, 2.75) is 26.4 Å². The first kappa shape index (κ1) is 14.9. The van der Waals surface area contributed by atoms with Gasteiger partial charge in [0.1, 0.15) is 5.75 Å². The van der Waals surface area contributed by atoms with Crippen molar-refractivity contribution in [3.63, 3.8) is 0 Å². The van der Waals surface area contributed by atoms with Gasteiger partial charge in [0.05, 0.1) is 29.6 Å². The van der Waals surface area contributed by atoms with E-state index in [0.717, 1.165) is 28.3 Å². The van der Waals surface area contributed by atoms with Gasteiger partial charge in [0.2, 0.25) is 0 Å². The number of rotatable bonds is 4. The minimum Gasteiger partial charge on any atom is -0.496 e. The Balaban J connectivity index is 2.26. The number of hydrogen-bond acceptors (Lipinski definition) is 3. The summed E-state index contributed by atoms with van der Waals surface area (Å²) >= 11 is 6.21. The van der Waals surface area contributed by atoms with Crippen molar-refractivity contribution in [3.8, 4) is 5.75 Å². The first-order valence-corrected chi connectivity index (χ1v) is 6.82. The number of aliphatic hydroxyl groups excluding tert-OH is 1. The van der Waals surface area contributed by atoms with Crippen molar-refractivity contribution < 1.29 is 9.84 Å². The number of hydrogen-bond donors (Lipinski definition) is 1. The number of halogens is 1. The second-order valence-electron chi connectivity index (χ2n) is 4.92. The summed E-state index contributed by atoms with van der Waals surface area (Å²) in [6.07, 6.45) is -0.223. The Hall–Kier alpha value is -1.52. The SMILES string of the molecule is COc1cc(C(O)Cc2c(Cl)c(C)nn2C)ccc1C. The third-order valence-electron chi connectivity index (χ3n) is 3.47. The molecule has 1 heterocycles. The van der Waals surface area contributed by atoms with Gasteiger partial charge < -0.3 is 9.84 Å². The highest BCUT2D eigenvalue weighted by Gasteiger charge is 2.17. The second-order valence-corrected chi connectivity index (χ2v) is 5.30. The number of methoxy groups -OCH3 is 1. The topological polar surface area (TPSA) is 47.3 Å². The van der Waals surface area contributed by atoms with E-state index in [1.54, 1.807) is 11.8 Å². The van der Waals surface area contributed by atoms with Crippen LogP contribution in [0.3, 0.4) is 0 Å². The minimum absolute atomic E-state index is 0.419. The summed E-state index contributed by atoms with van der Waals surface area (Å²) in [6.45, 7) is 3.82. The van der Waals surface area contributed by atoms with Gasteiger partial charge in [-0.3, -0.25) is 4.68 Å². The maximum absolute atomic E-state index is 10.4. The maximum Gasteiger partial charge on any atom is 0.122 e. The zero-order valence-electron chi connectivity index (χ0n) is 12.1. The predicted molar refractivity (Wildman–Crippen MR) is 79.3 cm³/mol. The first-order chi connectivity index (χ1) is 9.43. The van der Waals surface area contributed by atoms with E-state index in [2.05, 4.69) is 5.10 Å². The van der Waals surface area contributed by atoms with Crippen molar-refractivity contribution in [2.75, 3.05) is 7.11 Å². The second kappa shape index (κ2) is 5.85. The van der Waals surface area contributed by atoms with E-state index in [0.29, 0.717) is 11.4 Å². The molecule has 5 heteroatoms. The summed E-state index contributed by atoms with van der Waals surface area (Å²) in [5.41, 5.74) is 3.45. The van der Waals surface area contributed by atoms with Crippen LogP contribution >= 0.6 is 11.6 Å². The highest BCUT2D eigenvalue weighted by Crippen LogP contribution is 2.28. The molecule has 1 N–H and O–H groups in total. The zero-order chi connectivity index (χ0) is 14.9. The van der Waals surface area contributed by atoms with Gasteiger partial charge in [-0.2, -0.15) is 5.10 Å². The quantitative estimate of drug-likeness (QED) is 0.943. The molecule has 1 aromatic carbocycles. The van der Waals surface area contributed by atoms with E-state index in [1.807, 2.05) is 39.1 Å². The molecule has 0 aliphatic rings. The van der Waals surface area contributed by atoms with Gasteiger partial charge in [0, 0.05) is 13.5 Å². The molecule has 0 aliphatic heterocycles. The molecule has 0 saturated carbocycles. The molecule has 20 heavy (non-hydrogen) atoms. The fourth-order valence-electron chi connectivity index (χ4n) is 2.25. The van der Waals surface area contributed by atoms with Crippen LogP contribution in [0.25, 0.3) is 0 Å². The molecule has 0 fully saturated rings. The minimum atomic E-state index is -0.642. The Morgan fingerprint density at radius 2 is 2.10 bits per heavy atom. The van der Waals surface area contributed by atoms with E-state index in [1.165, 1.54) is 0 Å². The molecule has 1 atom stereocenters. The van der Waals surface area contributed by atoms with Crippen LogP contribution in [-0.2, 0) is 13.5 Å². The van der Waals surface area contributed by atoms with E-state index in [4.69, 9.17) is 16.3 Å². The van der Waals surface area contributed by atoms with Gasteiger partial charge in [0.25, 0.3) is 0 Å². The lowest BCUT2D eigenvalue weighted by molar-refractivity contribution is 0.175. The van der Waals surface area contributed by atoms with Crippen molar-refractivity contribution >= 4 is 11.6 Å². The monoisotopic (exact) mass is 294 g/mol. The molecule has 0 bridgehead atoms. The fraction of sp³-hybridized carbons (Fsp3) is 0.400. The molecule has 0 aliphatic carbocycles. The summed E-state index contributed by atoms with van der Waals surface area (Å²) in [5.74, 6) is 0.772. The molecule has 0 spiro atoms. The lowest BCUT2D eigenvalue weighted by Gasteiger charge is -2.14. The Kier molecular flexibility index (Phi) is 4.35. The number of nitrogens with zero attached hydrogens (tertiary/aromatic N) is 2. The number of aliphatic hydroxyl groups is 1. The summed E-state index contributed by atoms with van der Waals surface area (Å²) in [6, 6.07) is 5.70. The van der Waals surface area contributed by atoms with Crippen molar-refractivity contribution in [1.82, 2.24) is 9.78 Å². The number of benzene rings is 1. The highest BCUT2D eigenvalue weighted by molar-refractivity contribution is 6.31. The normalized spacial score (nSPS) is 12.5. The fourth-order valence-corrected chi connectivity index (χ4v) is 2.48. The molecule has 0 saturated heterocycles. The van der Waals surface area contributed by atoms with Gasteiger partial charge >= 0.3 is 0 Å². The summed E-state index contributed by atoms with van der Waals surface area (Å²) < 4.78 is 7.00. The Morgan fingerprint density at radius 1 is 1.40 bits per heavy atom. The Morgan fingerprint density at radius 3 is 2.65 bits per heavy atom. The van der Waals surface area contributed by atoms with Crippen molar-refractivity contribution in [1.29, 1.82) is 0 Å². The summed E-state index contributed by atoms with van der Waals surface area (Å²) in [7, 11) is 3.45. The molecule has 0 amide bonds. The standard InChI is InChI=1S/C15H19ClN2O2/c1-9-5-6-11(7-14(9)20-4)13(19)8-12-15(16)10(2)17-18(12)3/h5-7,13,19H,8H2,1-4H3. The van der Waals surface area contributed by atoms with Crippen LogP contribution in [0.2, 0.25) is 5.02 Å². The van der Waals surface area contributed by atoms with Crippen LogP contribution in [-0.4, -0.2) is 22.0 Å². The molecule has 108 valence electrons. The van der Waals surface area contributed by atoms with E-state index >= 15 is 0 Å². The summed E-state index contributed by atoms with van der Waals surface area (Å²) in [5, 5.41) is 15.3. The van der Waals surface area contributed by atoms with Crippen LogP contribution in [0.4, 0.5) is 0 Å². The number of aryl methyl sites for hydroxylation is 3. The number of ether oxygens (including phenoxy) is 1. The van der Waals surface area contributed by atoms with Crippen LogP contribution in [0.5, 0.6) is 5.75 Å². The number of aromatic nitrogens is 2. The van der Waals surface area contributed by atoms with Crippen LogP contribution in [0, 0.1) is 13.8 Å². The lowest BCUT2D eigenvalue weighted by atomic mass is 10.0. The average Bonchev–Trinajstić information content (AvgIpc) is 2.66. The Labute approximate surface area is 123 Å². The first-order valence-electron chi connectivity index (χ1n) is 6.44. The smallest absolute Gasteiger partial charge is 0.122 e. The molecule has 1 unspecified atom stereocenters. The van der Waals surface area contributed by atoms with Gasteiger partial charge in [0.15, 0.2) is 0 Å². The van der Waals surface area contributed by atoms with Gasteiger partial charge in [-0.15, -0.1) is 0 Å². The van der Waals surface area contributed by atoms with Crippen LogP contribution < -0.4 is 4.74 Å². The predicted octanol–water partition coefficient (Wildman–Crippen LogP) is 2.98. The summed E-state index contributed by atoms with van der Waals surface area (Å²) in [4.78, 5) is 0. The average molecular weight is 295 g/mol. The Bertz CT molecular complexity index is 623. The molecule has 2 rings (SSSR count). The molecule has 0 radical (unpaired) electrons. The van der Waals surface area contributed by atoms with E-state index in [9.17, 15) is 5.11 Å².